The van der Waals surface area contributed by atoms with Gasteiger partial charge in [0.15, 0.2) is 0 Å². The molecular weight excluding hydrogens is 178 g/mol. The zero-order valence-corrected chi connectivity index (χ0v) is 9.80. The maximum absolute atomic E-state index is 9.60. The van der Waals surface area contributed by atoms with Gasteiger partial charge in [-0.2, -0.15) is 0 Å². The Morgan fingerprint density at radius 2 is 2.00 bits per heavy atom. The number of nitrogens with one attached hydrogen (secondary N) is 1. The van der Waals surface area contributed by atoms with E-state index in [9.17, 15) is 4.79 Å². The van der Waals surface area contributed by atoms with Crippen molar-refractivity contribution in [2.75, 3.05) is 6.54 Å². The Bertz CT molecular complexity index is 146. The summed E-state index contributed by atoms with van der Waals surface area (Å²) in [6.45, 7) is 9.41. The van der Waals surface area contributed by atoms with Gasteiger partial charge in [0.05, 0.1) is 0 Å². The molecule has 0 aromatic rings. The standard InChI is InChI=1S/C6H13N.C5H10O2/c1-6-4-2-3-5-7-6;1-5(2,3)7-4-6/h6-7H,2-5H2,1H3;4H,1-3H3. The molecule has 1 aliphatic rings. The van der Waals surface area contributed by atoms with Crippen LogP contribution in [0.5, 0.6) is 0 Å². The molecule has 84 valence electrons. The van der Waals surface area contributed by atoms with Gasteiger partial charge in [0.1, 0.15) is 5.60 Å². The van der Waals surface area contributed by atoms with Crippen LogP contribution in [-0.2, 0) is 9.53 Å². The van der Waals surface area contributed by atoms with Gasteiger partial charge in [-0.1, -0.05) is 6.42 Å². The van der Waals surface area contributed by atoms with Crippen LogP contribution in [0.3, 0.4) is 0 Å². The third-order valence-electron chi connectivity index (χ3n) is 1.96. The minimum atomic E-state index is -0.318. The van der Waals surface area contributed by atoms with Crippen LogP contribution in [0.15, 0.2) is 0 Å². The molecule has 1 heterocycles. The largest absolute Gasteiger partial charge is 0.462 e. The van der Waals surface area contributed by atoms with Crippen LogP contribution in [0, 0.1) is 0 Å². The second kappa shape index (κ2) is 6.82. The van der Waals surface area contributed by atoms with E-state index >= 15 is 0 Å². The van der Waals surface area contributed by atoms with Crippen LogP contribution < -0.4 is 5.32 Å². The van der Waals surface area contributed by atoms with Gasteiger partial charge >= 0.3 is 0 Å². The van der Waals surface area contributed by atoms with Crippen LogP contribution in [0.1, 0.15) is 47.0 Å². The molecule has 0 radical (unpaired) electrons. The van der Waals surface area contributed by atoms with E-state index in [1.54, 1.807) is 0 Å². The quantitative estimate of drug-likeness (QED) is 0.660. The van der Waals surface area contributed by atoms with E-state index in [2.05, 4.69) is 17.0 Å². The average molecular weight is 201 g/mol. The normalized spacial score (nSPS) is 21.9. The second-order valence-corrected chi connectivity index (χ2v) is 4.68. The SMILES string of the molecule is CC(C)(C)OC=O.CC1CCCCN1. The first-order chi connectivity index (χ1) is 6.45. The summed E-state index contributed by atoms with van der Waals surface area (Å²) in [6, 6.07) is 0.786. The van der Waals surface area contributed by atoms with Gasteiger partial charge in [-0.05, 0) is 47.1 Å². The van der Waals surface area contributed by atoms with E-state index in [1.165, 1.54) is 25.8 Å². The van der Waals surface area contributed by atoms with Crippen molar-refractivity contribution in [3.63, 3.8) is 0 Å². The Hall–Kier alpha value is -0.570. The maximum atomic E-state index is 9.60. The Kier molecular flexibility index (Phi) is 6.54. The van der Waals surface area contributed by atoms with Crippen LogP contribution >= 0.6 is 0 Å². The molecule has 14 heavy (non-hydrogen) atoms. The lowest BCUT2D eigenvalue weighted by Crippen LogP contribution is -2.30. The summed E-state index contributed by atoms with van der Waals surface area (Å²) >= 11 is 0. The molecule has 3 nitrogen and oxygen atoms in total. The third-order valence-corrected chi connectivity index (χ3v) is 1.96. The van der Waals surface area contributed by atoms with E-state index in [4.69, 9.17) is 0 Å². The summed E-state index contributed by atoms with van der Waals surface area (Å²) in [5.74, 6) is 0. The Morgan fingerprint density at radius 3 is 2.14 bits per heavy atom. The molecule has 1 N–H and O–H groups in total. The van der Waals surface area contributed by atoms with Gasteiger partial charge in [-0.15, -0.1) is 0 Å². The lowest BCUT2D eigenvalue weighted by atomic mass is 10.1. The lowest BCUT2D eigenvalue weighted by molar-refractivity contribution is -0.138. The minimum absolute atomic E-state index is 0.318. The molecule has 0 bridgehead atoms. The monoisotopic (exact) mass is 201 g/mol. The molecule has 0 aliphatic carbocycles. The summed E-state index contributed by atoms with van der Waals surface area (Å²) in [4.78, 5) is 9.60. The molecular formula is C11H23NO2. The molecule has 3 heteroatoms. The fraction of sp³-hybridized carbons (Fsp3) is 0.909. The molecule has 0 saturated carbocycles. The first-order valence-corrected chi connectivity index (χ1v) is 5.30. The van der Waals surface area contributed by atoms with Crippen molar-refractivity contribution in [1.82, 2.24) is 5.32 Å². The molecule has 1 fully saturated rings. The van der Waals surface area contributed by atoms with Crippen LogP contribution in [0.25, 0.3) is 0 Å². The highest BCUT2D eigenvalue weighted by molar-refractivity contribution is 5.37. The van der Waals surface area contributed by atoms with Gasteiger partial charge in [0, 0.05) is 6.04 Å². The highest BCUT2D eigenvalue weighted by Gasteiger charge is 2.07. The highest BCUT2D eigenvalue weighted by Crippen LogP contribution is 2.04. The van der Waals surface area contributed by atoms with E-state index in [1.807, 2.05) is 20.8 Å². The first kappa shape index (κ1) is 13.4. The Balaban J connectivity index is 0.000000241. The minimum Gasteiger partial charge on any atom is -0.462 e. The molecule has 1 saturated heterocycles. The summed E-state index contributed by atoms with van der Waals surface area (Å²) < 4.78 is 4.55. The van der Waals surface area contributed by atoms with Gasteiger partial charge in [0.25, 0.3) is 6.47 Å². The summed E-state index contributed by atoms with van der Waals surface area (Å²) in [7, 11) is 0. The Labute approximate surface area is 87.2 Å². The van der Waals surface area contributed by atoms with Crippen molar-refractivity contribution in [3.8, 4) is 0 Å². The van der Waals surface area contributed by atoms with E-state index in [0.717, 1.165) is 6.04 Å². The Morgan fingerprint density at radius 1 is 1.36 bits per heavy atom. The molecule has 1 aliphatic heterocycles. The van der Waals surface area contributed by atoms with Gasteiger partial charge in [-0.25, -0.2) is 0 Å². The van der Waals surface area contributed by atoms with Crippen LogP contribution in [0.2, 0.25) is 0 Å². The predicted octanol–water partition coefficient (Wildman–Crippen LogP) is 2.11. The van der Waals surface area contributed by atoms with Crippen molar-refractivity contribution in [1.29, 1.82) is 0 Å². The number of ether oxygens (including phenoxy) is 1. The number of piperidine rings is 1. The number of hydrogen-bond donors (Lipinski definition) is 1. The van der Waals surface area contributed by atoms with Crippen molar-refractivity contribution in [3.05, 3.63) is 0 Å². The molecule has 1 atom stereocenters. The van der Waals surface area contributed by atoms with Gasteiger partial charge in [-0.3, -0.25) is 4.79 Å². The summed E-state index contributed by atoms with van der Waals surface area (Å²) in [5, 5.41) is 3.38. The maximum Gasteiger partial charge on any atom is 0.293 e. The van der Waals surface area contributed by atoms with E-state index in [0.29, 0.717) is 6.47 Å². The van der Waals surface area contributed by atoms with Crippen molar-refractivity contribution in [2.45, 2.75) is 58.6 Å². The van der Waals surface area contributed by atoms with E-state index in [-0.39, 0.29) is 5.60 Å². The predicted molar refractivity (Wildman–Crippen MR) is 58.2 cm³/mol. The third kappa shape index (κ3) is 9.52. The zero-order chi connectivity index (χ0) is 11.0. The topological polar surface area (TPSA) is 38.3 Å². The summed E-state index contributed by atoms with van der Waals surface area (Å²) in [6.07, 6.45) is 4.18. The fourth-order valence-corrected chi connectivity index (χ4v) is 1.17. The summed E-state index contributed by atoms with van der Waals surface area (Å²) in [5.41, 5.74) is -0.318. The molecule has 0 aromatic carbocycles. The number of hydrogen-bond acceptors (Lipinski definition) is 3. The molecule has 0 amide bonds. The smallest absolute Gasteiger partial charge is 0.293 e. The van der Waals surface area contributed by atoms with E-state index < -0.39 is 0 Å². The van der Waals surface area contributed by atoms with Crippen molar-refractivity contribution < 1.29 is 9.53 Å². The number of carbonyl (C=O) groups is 1. The van der Waals surface area contributed by atoms with Gasteiger partial charge < -0.3 is 10.1 Å². The molecule has 1 unspecified atom stereocenters. The fourth-order valence-electron chi connectivity index (χ4n) is 1.17. The van der Waals surface area contributed by atoms with Crippen molar-refractivity contribution in [2.24, 2.45) is 0 Å². The molecule has 0 aromatic heterocycles. The highest BCUT2D eigenvalue weighted by atomic mass is 16.5. The lowest BCUT2D eigenvalue weighted by Gasteiger charge is -2.18. The molecule has 0 spiro atoms. The van der Waals surface area contributed by atoms with Crippen LogP contribution in [0.4, 0.5) is 0 Å². The second-order valence-electron chi connectivity index (χ2n) is 4.68. The average Bonchev–Trinajstić information content (AvgIpc) is 2.04. The first-order valence-electron chi connectivity index (χ1n) is 5.30. The molecule has 1 rings (SSSR count). The van der Waals surface area contributed by atoms with Gasteiger partial charge in [0.2, 0.25) is 0 Å². The zero-order valence-electron chi connectivity index (χ0n) is 9.80. The number of carbonyl (C=O) groups excluding carboxylic acids is 1. The van der Waals surface area contributed by atoms with Crippen molar-refractivity contribution >= 4 is 6.47 Å². The number of rotatable bonds is 1. The van der Waals surface area contributed by atoms with Crippen LogP contribution in [-0.4, -0.2) is 24.7 Å².